The first kappa shape index (κ1) is 25.5. The SMILES string of the molecule is CC.CSc1ccc(CN2CCC(Nc3cc(-c4ccccc4O)nc4c(Br)cnn34)CC2)cc1. The Labute approximate surface area is 219 Å². The first-order valence-electron chi connectivity index (χ1n) is 12.0. The van der Waals surface area contributed by atoms with Crippen LogP contribution in [0.1, 0.15) is 32.3 Å². The second-order valence-electron chi connectivity index (χ2n) is 8.31. The van der Waals surface area contributed by atoms with Gasteiger partial charge in [-0.3, -0.25) is 4.90 Å². The molecule has 0 aliphatic carbocycles. The standard InChI is InChI=1S/C25H26BrN5OS.C2H6/c1-33-19-8-6-17(7-9-19)16-30-12-10-18(11-13-30)28-24-14-22(20-4-2-3-5-23(20)32)29-25-21(26)15-27-31(24)25;1-2/h2-9,14-15,18,28,32H,10-13,16H2,1H3;1-2H3. The zero-order chi connectivity index (χ0) is 24.8. The molecule has 184 valence electrons. The molecule has 2 aromatic heterocycles. The van der Waals surface area contributed by atoms with Gasteiger partial charge in [0.1, 0.15) is 11.6 Å². The number of phenolic OH excluding ortho intramolecular Hbond substituents is 1. The molecule has 0 bridgehead atoms. The number of fused-ring (bicyclic) bond motifs is 1. The van der Waals surface area contributed by atoms with Gasteiger partial charge in [-0.05, 0) is 64.9 Å². The molecule has 5 rings (SSSR count). The molecule has 0 unspecified atom stereocenters. The Morgan fingerprint density at radius 3 is 2.49 bits per heavy atom. The maximum atomic E-state index is 10.3. The second-order valence-corrected chi connectivity index (χ2v) is 10.0. The predicted octanol–water partition coefficient (Wildman–Crippen LogP) is 6.69. The fourth-order valence-electron chi connectivity index (χ4n) is 4.30. The summed E-state index contributed by atoms with van der Waals surface area (Å²) in [6.07, 6.45) is 5.98. The first-order valence-corrected chi connectivity index (χ1v) is 14.1. The van der Waals surface area contributed by atoms with Crippen LogP contribution in [0.15, 0.2) is 70.2 Å². The number of nitrogens with zero attached hydrogens (tertiary/aromatic N) is 4. The Balaban J connectivity index is 0.00000141. The highest BCUT2D eigenvalue weighted by molar-refractivity contribution is 9.10. The summed E-state index contributed by atoms with van der Waals surface area (Å²) in [5, 5.41) is 18.5. The predicted molar refractivity (Wildman–Crippen MR) is 149 cm³/mol. The lowest BCUT2D eigenvalue weighted by Crippen LogP contribution is -2.39. The van der Waals surface area contributed by atoms with E-state index in [9.17, 15) is 5.11 Å². The molecule has 0 spiro atoms. The van der Waals surface area contributed by atoms with Crippen molar-refractivity contribution in [1.29, 1.82) is 0 Å². The highest BCUT2D eigenvalue weighted by Crippen LogP contribution is 2.31. The van der Waals surface area contributed by atoms with E-state index in [1.807, 2.05) is 42.6 Å². The number of hydrogen-bond donors (Lipinski definition) is 2. The molecule has 1 aliphatic heterocycles. The minimum Gasteiger partial charge on any atom is -0.507 e. The number of phenols is 1. The molecule has 4 aromatic rings. The summed E-state index contributed by atoms with van der Waals surface area (Å²) in [7, 11) is 0. The molecule has 6 nitrogen and oxygen atoms in total. The zero-order valence-corrected chi connectivity index (χ0v) is 22.8. The number of anilines is 1. The number of nitrogens with one attached hydrogen (secondary N) is 1. The monoisotopic (exact) mass is 553 g/mol. The van der Waals surface area contributed by atoms with Crippen LogP contribution in [0.4, 0.5) is 5.82 Å². The van der Waals surface area contributed by atoms with E-state index in [2.05, 4.69) is 61.8 Å². The third kappa shape index (κ3) is 6.00. The Morgan fingerprint density at radius 2 is 1.80 bits per heavy atom. The Morgan fingerprint density at radius 1 is 1.09 bits per heavy atom. The molecule has 1 fully saturated rings. The third-order valence-electron chi connectivity index (χ3n) is 6.11. The van der Waals surface area contributed by atoms with E-state index in [4.69, 9.17) is 4.98 Å². The molecule has 1 saturated heterocycles. The van der Waals surface area contributed by atoms with Crippen LogP contribution in [0, 0.1) is 0 Å². The van der Waals surface area contributed by atoms with Crippen molar-refractivity contribution in [2.75, 3.05) is 24.7 Å². The quantitative estimate of drug-likeness (QED) is 0.259. The third-order valence-corrected chi connectivity index (χ3v) is 7.42. The van der Waals surface area contributed by atoms with E-state index in [-0.39, 0.29) is 5.75 Å². The first-order chi connectivity index (χ1) is 17.1. The smallest absolute Gasteiger partial charge is 0.172 e. The molecule has 0 saturated carbocycles. The number of benzene rings is 2. The van der Waals surface area contributed by atoms with Crippen molar-refractivity contribution >= 4 is 39.2 Å². The Hall–Kier alpha value is -2.55. The minimum absolute atomic E-state index is 0.217. The van der Waals surface area contributed by atoms with E-state index < -0.39 is 0 Å². The van der Waals surface area contributed by atoms with Crippen molar-refractivity contribution in [2.45, 2.75) is 44.2 Å². The van der Waals surface area contributed by atoms with E-state index in [1.165, 1.54) is 10.5 Å². The summed E-state index contributed by atoms with van der Waals surface area (Å²) < 4.78 is 2.65. The van der Waals surface area contributed by atoms with Gasteiger partial charge in [0, 0.05) is 42.2 Å². The molecule has 2 aromatic carbocycles. The summed E-state index contributed by atoms with van der Waals surface area (Å²) in [6.45, 7) is 7.08. The Bertz CT molecular complexity index is 1250. The van der Waals surface area contributed by atoms with Crippen molar-refractivity contribution in [2.24, 2.45) is 0 Å². The van der Waals surface area contributed by atoms with Crippen LogP contribution in [-0.2, 0) is 6.54 Å². The average molecular weight is 555 g/mol. The summed E-state index contributed by atoms with van der Waals surface area (Å²) >= 11 is 5.33. The lowest BCUT2D eigenvalue weighted by molar-refractivity contribution is 0.211. The molecule has 2 N–H and O–H groups in total. The van der Waals surface area contributed by atoms with Crippen LogP contribution < -0.4 is 5.32 Å². The normalized spacial score (nSPS) is 14.5. The topological polar surface area (TPSA) is 65.7 Å². The van der Waals surface area contributed by atoms with Crippen molar-refractivity contribution in [3.05, 3.63) is 70.8 Å². The van der Waals surface area contributed by atoms with Crippen molar-refractivity contribution < 1.29 is 5.11 Å². The molecule has 0 radical (unpaired) electrons. The van der Waals surface area contributed by atoms with E-state index >= 15 is 0 Å². The van der Waals surface area contributed by atoms with Gasteiger partial charge < -0.3 is 10.4 Å². The average Bonchev–Trinajstić information content (AvgIpc) is 3.28. The number of rotatable bonds is 6. The van der Waals surface area contributed by atoms with Crippen molar-refractivity contribution in [1.82, 2.24) is 19.5 Å². The van der Waals surface area contributed by atoms with Gasteiger partial charge in [-0.25, -0.2) is 4.98 Å². The zero-order valence-electron chi connectivity index (χ0n) is 20.4. The van der Waals surface area contributed by atoms with Gasteiger partial charge in [-0.15, -0.1) is 11.8 Å². The molecule has 0 amide bonds. The number of aromatic hydroxyl groups is 1. The number of thioether (sulfide) groups is 1. The van der Waals surface area contributed by atoms with Crippen LogP contribution in [0.3, 0.4) is 0 Å². The van der Waals surface area contributed by atoms with Crippen LogP contribution in [-0.4, -0.2) is 50.0 Å². The van der Waals surface area contributed by atoms with Crippen LogP contribution in [0.25, 0.3) is 16.9 Å². The fraction of sp³-hybridized carbons (Fsp3) is 0.333. The minimum atomic E-state index is 0.217. The van der Waals surface area contributed by atoms with Gasteiger partial charge in [-0.1, -0.05) is 38.1 Å². The maximum Gasteiger partial charge on any atom is 0.172 e. The molecule has 35 heavy (non-hydrogen) atoms. The molecular formula is C27H32BrN5OS. The van der Waals surface area contributed by atoms with Gasteiger partial charge in [0.05, 0.1) is 16.4 Å². The van der Waals surface area contributed by atoms with Gasteiger partial charge in [-0.2, -0.15) is 9.61 Å². The van der Waals surface area contributed by atoms with Gasteiger partial charge in [0.25, 0.3) is 0 Å². The van der Waals surface area contributed by atoms with E-state index in [1.54, 1.807) is 24.0 Å². The highest BCUT2D eigenvalue weighted by Gasteiger charge is 2.21. The molecular weight excluding hydrogens is 522 g/mol. The summed E-state index contributed by atoms with van der Waals surface area (Å²) in [6, 6.07) is 18.5. The number of aromatic nitrogens is 3. The molecule has 0 atom stereocenters. The number of piperidine rings is 1. The summed E-state index contributed by atoms with van der Waals surface area (Å²) in [5.74, 6) is 1.10. The fourth-order valence-corrected chi connectivity index (χ4v) is 5.06. The summed E-state index contributed by atoms with van der Waals surface area (Å²) in [4.78, 5) is 8.56. The largest absolute Gasteiger partial charge is 0.507 e. The maximum absolute atomic E-state index is 10.3. The van der Waals surface area contributed by atoms with Gasteiger partial charge in [0.15, 0.2) is 5.65 Å². The van der Waals surface area contributed by atoms with E-state index in [0.717, 1.165) is 54.1 Å². The number of likely N-dealkylation sites (tertiary alicyclic amines) is 1. The summed E-state index contributed by atoms with van der Waals surface area (Å²) in [5.41, 5.74) is 3.52. The van der Waals surface area contributed by atoms with Crippen molar-refractivity contribution in [3.63, 3.8) is 0 Å². The Kier molecular flexibility index (Phi) is 8.70. The number of para-hydroxylation sites is 1. The molecule has 8 heteroatoms. The molecule has 3 heterocycles. The van der Waals surface area contributed by atoms with Crippen molar-refractivity contribution in [3.8, 4) is 17.0 Å². The lowest BCUT2D eigenvalue weighted by Gasteiger charge is -2.33. The van der Waals surface area contributed by atoms with Gasteiger partial charge >= 0.3 is 0 Å². The second kappa shape index (κ2) is 11.9. The number of halogens is 1. The van der Waals surface area contributed by atoms with Crippen LogP contribution in [0.5, 0.6) is 5.75 Å². The van der Waals surface area contributed by atoms with Crippen LogP contribution in [0.2, 0.25) is 0 Å². The number of hydrogen-bond acceptors (Lipinski definition) is 6. The van der Waals surface area contributed by atoms with E-state index in [0.29, 0.717) is 11.6 Å². The molecule has 1 aliphatic rings. The van der Waals surface area contributed by atoms with Gasteiger partial charge in [0.2, 0.25) is 0 Å². The lowest BCUT2D eigenvalue weighted by atomic mass is 10.0. The van der Waals surface area contributed by atoms with Crippen LogP contribution >= 0.6 is 27.7 Å². The highest BCUT2D eigenvalue weighted by atomic mass is 79.9.